The lowest BCUT2D eigenvalue weighted by atomic mass is 9.81. The van der Waals surface area contributed by atoms with Crippen LogP contribution in [-0.4, -0.2) is 54.6 Å². The zero-order chi connectivity index (χ0) is 17.0. The van der Waals surface area contributed by atoms with Crippen molar-refractivity contribution in [3.05, 3.63) is 0 Å². The molecule has 0 aromatic rings. The van der Waals surface area contributed by atoms with Gasteiger partial charge in [-0.1, -0.05) is 31.9 Å². The smallest absolute Gasteiger partial charge is 0.326 e. The lowest BCUT2D eigenvalue weighted by molar-refractivity contribution is -0.156. The molecule has 126 valence electrons. The van der Waals surface area contributed by atoms with Crippen molar-refractivity contribution in [1.29, 1.82) is 0 Å². The van der Waals surface area contributed by atoms with Crippen LogP contribution in [-0.2, 0) is 19.2 Å². The Balaban J connectivity index is 1.87. The van der Waals surface area contributed by atoms with E-state index in [9.17, 15) is 24.3 Å². The van der Waals surface area contributed by atoms with Gasteiger partial charge in [0.25, 0.3) is 0 Å². The van der Waals surface area contributed by atoms with E-state index in [1.54, 1.807) is 0 Å². The van der Waals surface area contributed by atoms with Gasteiger partial charge in [0, 0.05) is 16.1 Å². The minimum Gasteiger partial charge on any atom is -0.481 e. The highest BCUT2D eigenvalue weighted by Gasteiger charge is 2.67. The zero-order valence-corrected chi connectivity index (χ0v) is 15.1. The molecule has 3 aliphatic rings. The van der Waals surface area contributed by atoms with Crippen LogP contribution in [0.4, 0.5) is 0 Å². The summed E-state index contributed by atoms with van der Waals surface area (Å²) in [5.41, 5.74) is 0. The van der Waals surface area contributed by atoms with E-state index in [0.29, 0.717) is 0 Å². The fourth-order valence-corrected chi connectivity index (χ4v) is 6.18. The van der Waals surface area contributed by atoms with Crippen molar-refractivity contribution in [3.8, 4) is 0 Å². The molecule has 2 bridgehead atoms. The Bertz CT molecular complexity index is 564. The third-order valence-corrected chi connectivity index (χ3v) is 8.46. The molecule has 2 aliphatic carbocycles. The average Bonchev–Trinajstić information content (AvgIpc) is 3.06. The Labute approximate surface area is 148 Å². The number of nitrogens with zero attached hydrogens (tertiary/aromatic N) is 1. The Morgan fingerprint density at radius 1 is 1.09 bits per heavy atom. The lowest BCUT2D eigenvalue weighted by Crippen LogP contribution is -2.46. The molecule has 3 fully saturated rings. The summed E-state index contributed by atoms with van der Waals surface area (Å²) < 4.78 is 0. The fraction of sp³-hybridized carbons (Fsp3) is 0.714. The first-order chi connectivity index (χ1) is 10.8. The molecular formula is C14H15Br2NO6. The summed E-state index contributed by atoms with van der Waals surface area (Å²) in [6.45, 7) is 0. The molecule has 9 heteroatoms. The number of carboxylic acid groups (broad SMARTS) is 2. The number of aliphatic carboxylic acids is 2. The third kappa shape index (κ3) is 2.43. The molecule has 0 aromatic heterocycles. The Morgan fingerprint density at radius 3 is 1.96 bits per heavy atom. The summed E-state index contributed by atoms with van der Waals surface area (Å²) >= 11 is 7.11. The van der Waals surface area contributed by atoms with Crippen LogP contribution in [0.1, 0.15) is 19.3 Å². The molecule has 2 saturated carbocycles. The van der Waals surface area contributed by atoms with Crippen LogP contribution in [0.25, 0.3) is 0 Å². The van der Waals surface area contributed by atoms with Crippen molar-refractivity contribution in [1.82, 2.24) is 4.90 Å². The molecule has 0 aromatic carbocycles. The summed E-state index contributed by atoms with van der Waals surface area (Å²) in [6.07, 6.45) is 0.0874. The first-order valence-electron chi connectivity index (χ1n) is 7.35. The quantitative estimate of drug-likeness (QED) is 0.476. The zero-order valence-electron chi connectivity index (χ0n) is 11.9. The number of carboxylic acids is 2. The molecule has 7 atom stereocenters. The van der Waals surface area contributed by atoms with Gasteiger partial charge in [0.1, 0.15) is 6.04 Å². The van der Waals surface area contributed by atoms with Crippen molar-refractivity contribution >= 4 is 55.6 Å². The first-order valence-corrected chi connectivity index (χ1v) is 9.18. The van der Waals surface area contributed by atoms with Crippen molar-refractivity contribution in [3.63, 3.8) is 0 Å². The number of halogens is 2. The number of carbonyl (C=O) groups excluding carboxylic acids is 2. The van der Waals surface area contributed by atoms with Gasteiger partial charge in [-0.25, -0.2) is 4.79 Å². The van der Waals surface area contributed by atoms with Crippen LogP contribution in [0, 0.1) is 23.7 Å². The molecule has 1 heterocycles. The molecule has 1 aliphatic heterocycles. The number of fused-ring (bicyclic) bond motifs is 5. The molecule has 0 spiro atoms. The maximum Gasteiger partial charge on any atom is 0.326 e. The number of hydrogen-bond acceptors (Lipinski definition) is 4. The fourth-order valence-electron chi connectivity index (χ4n) is 4.30. The van der Waals surface area contributed by atoms with Crippen molar-refractivity contribution in [2.75, 3.05) is 0 Å². The van der Waals surface area contributed by atoms with Crippen LogP contribution in [0.15, 0.2) is 0 Å². The number of likely N-dealkylation sites (tertiary alicyclic amines) is 1. The van der Waals surface area contributed by atoms with Crippen LogP contribution in [0.2, 0.25) is 0 Å². The average molecular weight is 453 g/mol. The van der Waals surface area contributed by atoms with Crippen LogP contribution in [0.3, 0.4) is 0 Å². The minimum absolute atomic E-state index is 0.00439. The van der Waals surface area contributed by atoms with E-state index in [2.05, 4.69) is 31.9 Å². The van der Waals surface area contributed by atoms with Gasteiger partial charge < -0.3 is 10.2 Å². The van der Waals surface area contributed by atoms with Gasteiger partial charge in [0.2, 0.25) is 11.8 Å². The van der Waals surface area contributed by atoms with Gasteiger partial charge in [0.05, 0.1) is 11.8 Å². The van der Waals surface area contributed by atoms with E-state index >= 15 is 0 Å². The molecule has 3 rings (SSSR count). The van der Waals surface area contributed by atoms with Crippen molar-refractivity contribution in [2.24, 2.45) is 23.7 Å². The molecule has 1 saturated heterocycles. The summed E-state index contributed by atoms with van der Waals surface area (Å²) in [5.74, 6) is -4.39. The molecular weight excluding hydrogens is 438 g/mol. The third-order valence-electron chi connectivity index (χ3n) is 5.25. The Hall–Kier alpha value is -0.960. The van der Waals surface area contributed by atoms with Crippen molar-refractivity contribution < 1.29 is 29.4 Å². The second kappa shape index (κ2) is 5.84. The molecule has 7 nitrogen and oxygen atoms in total. The number of alkyl halides is 2. The number of carbonyl (C=O) groups is 4. The van der Waals surface area contributed by atoms with Crippen molar-refractivity contribution in [2.45, 2.75) is 35.0 Å². The highest BCUT2D eigenvalue weighted by atomic mass is 79.9. The Morgan fingerprint density at radius 2 is 1.57 bits per heavy atom. The minimum atomic E-state index is -1.40. The van der Waals surface area contributed by atoms with Gasteiger partial charge >= 0.3 is 11.9 Å². The predicted octanol–water partition coefficient (Wildman–Crippen LogP) is 1.08. The van der Waals surface area contributed by atoms with E-state index in [-0.39, 0.29) is 27.9 Å². The molecule has 2 amide bonds. The normalized spacial score (nSPS) is 39.7. The second-order valence-corrected chi connectivity index (χ2v) is 8.45. The summed E-state index contributed by atoms with van der Waals surface area (Å²) in [6, 6.07) is -1.40. The largest absolute Gasteiger partial charge is 0.481 e. The second-order valence-electron chi connectivity index (χ2n) is 6.34. The maximum absolute atomic E-state index is 12.7. The summed E-state index contributed by atoms with van der Waals surface area (Å²) in [4.78, 5) is 48.5. The van der Waals surface area contributed by atoms with E-state index < -0.39 is 48.1 Å². The van der Waals surface area contributed by atoms with Gasteiger partial charge in [-0.2, -0.15) is 0 Å². The van der Waals surface area contributed by atoms with E-state index in [4.69, 9.17) is 5.11 Å². The molecule has 0 radical (unpaired) electrons. The summed E-state index contributed by atoms with van der Waals surface area (Å²) in [5, 5.41) is 18.1. The first kappa shape index (κ1) is 16.9. The van der Waals surface area contributed by atoms with Crippen LogP contribution < -0.4 is 0 Å². The monoisotopic (exact) mass is 451 g/mol. The lowest BCUT2D eigenvalue weighted by Gasteiger charge is -2.28. The number of rotatable bonds is 5. The standard InChI is InChI=1S/C14H15Br2NO6/c15-10-4-3-5(11(10)16)9-8(4)12(20)17(13(9)21)6(14(22)23)1-2-7(18)19/h4-6,8-11H,1-3H2,(H,18,19)(H,22,23)/t4-,5-,6+,8-,9-,10-,11+/m1/s1. The Kier molecular flexibility index (Phi) is 4.29. The topological polar surface area (TPSA) is 112 Å². The van der Waals surface area contributed by atoms with Gasteiger partial charge in [-0.05, 0) is 24.7 Å². The van der Waals surface area contributed by atoms with Crippen LogP contribution >= 0.6 is 31.9 Å². The number of hydrogen-bond donors (Lipinski definition) is 2. The number of imide groups is 1. The van der Waals surface area contributed by atoms with Gasteiger partial charge in [-0.3, -0.25) is 19.3 Å². The van der Waals surface area contributed by atoms with Gasteiger partial charge in [0.15, 0.2) is 0 Å². The summed E-state index contributed by atoms with van der Waals surface area (Å²) in [7, 11) is 0. The molecule has 0 unspecified atom stereocenters. The highest BCUT2D eigenvalue weighted by Crippen LogP contribution is 2.60. The number of amides is 2. The van der Waals surface area contributed by atoms with Gasteiger partial charge in [-0.15, -0.1) is 0 Å². The molecule has 2 N–H and O–H groups in total. The van der Waals surface area contributed by atoms with Crippen LogP contribution in [0.5, 0.6) is 0 Å². The predicted molar refractivity (Wildman–Crippen MR) is 84.2 cm³/mol. The van der Waals surface area contributed by atoms with E-state index in [0.717, 1.165) is 11.3 Å². The molecule has 23 heavy (non-hydrogen) atoms. The highest BCUT2D eigenvalue weighted by molar-refractivity contribution is 9.12. The SMILES string of the molecule is O=C(O)CC[C@@H](C(=O)O)N1C(=O)[C@@H]2[C@H]3C[C@@H]([C@@H](Br)[C@H]3Br)[C@H]2C1=O. The maximum atomic E-state index is 12.7. The van der Waals surface area contributed by atoms with E-state index in [1.807, 2.05) is 0 Å². The van der Waals surface area contributed by atoms with E-state index in [1.165, 1.54) is 0 Å².